The Morgan fingerprint density at radius 3 is 2.40 bits per heavy atom. The van der Waals surface area contributed by atoms with Crippen LogP contribution in [0.1, 0.15) is 26.2 Å². The van der Waals surface area contributed by atoms with Crippen molar-refractivity contribution in [3.63, 3.8) is 0 Å². The van der Waals surface area contributed by atoms with E-state index in [4.69, 9.17) is 0 Å². The van der Waals surface area contributed by atoms with E-state index in [1.165, 1.54) is 19.3 Å². The predicted octanol–water partition coefficient (Wildman–Crippen LogP) is 1.67. The predicted molar refractivity (Wildman–Crippen MR) is 103 cm³/mol. The van der Waals surface area contributed by atoms with Gasteiger partial charge in [-0.1, -0.05) is 6.42 Å². The zero-order chi connectivity index (χ0) is 18.0. The van der Waals surface area contributed by atoms with Crippen LogP contribution in [0.4, 0.5) is 13.2 Å². The van der Waals surface area contributed by atoms with Crippen molar-refractivity contribution in [2.75, 3.05) is 52.9 Å². The summed E-state index contributed by atoms with van der Waals surface area (Å²) in [6, 6.07) is 0. The highest BCUT2D eigenvalue weighted by Crippen LogP contribution is 2.15. The van der Waals surface area contributed by atoms with Crippen molar-refractivity contribution in [3.05, 3.63) is 0 Å². The maximum absolute atomic E-state index is 12.3. The van der Waals surface area contributed by atoms with Crippen LogP contribution < -0.4 is 10.6 Å². The number of carbonyl (C=O) groups is 1. The minimum absolute atomic E-state index is 0. The van der Waals surface area contributed by atoms with Gasteiger partial charge in [0, 0.05) is 26.7 Å². The van der Waals surface area contributed by atoms with Crippen molar-refractivity contribution in [1.29, 1.82) is 0 Å². The van der Waals surface area contributed by atoms with E-state index in [0.29, 0.717) is 23.9 Å². The molecule has 0 saturated carbocycles. The van der Waals surface area contributed by atoms with E-state index in [1.807, 2.05) is 6.92 Å². The normalized spacial score (nSPS) is 16.1. The summed E-state index contributed by atoms with van der Waals surface area (Å²) in [7, 11) is 1.13. The highest BCUT2D eigenvalue weighted by atomic mass is 127. The van der Waals surface area contributed by atoms with Crippen LogP contribution in [-0.2, 0) is 4.79 Å². The fraction of sp³-hybridized carbons (Fsp3) is 0.867. The Morgan fingerprint density at radius 2 is 1.84 bits per heavy atom. The van der Waals surface area contributed by atoms with Crippen molar-refractivity contribution in [2.24, 2.45) is 4.99 Å². The van der Waals surface area contributed by atoms with Gasteiger partial charge in [-0.3, -0.25) is 4.79 Å². The van der Waals surface area contributed by atoms with E-state index >= 15 is 0 Å². The molecule has 1 fully saturated rings. The third-order valence-corrected chi connectivity index (χ3v) is 3.73. The Morgan fingerprint density at radius 1 is 1.20 bits per heavy atom. The lowest BCUT2D eigenvalue weighted by atomic mass is 10.1. The first-order valence-electron chi connectivity index (χ1n) is 8.37. The van der Waals surface area contributed by atoms with Crippen molar-refractivity contribution in [1.82, 2.24) is 20.4 Å². The maximum atomic E-state index is 12.3. The zero-order valence-electron chi connectivity index (χ0n) is 14.9. The number of aliphatic imine (C=N–C) groups is 1. The third-order valence-electron chi connectivity index (χ3n) is 3.73. The second kappa shape index (κ2) is 12.6. The number of hydrogen-bond donors (Lipinski definition) is 2. The van der Waals surface area contributed by atoms with Gasteiger partial charge < -0.3 is 20.4 Å². The molecule has 0 aliphatic carbocycles. The fourth-order valence-electron chi connectivity index (χ4n) is 2.48. The van der Waals surface area contributed by atoms with Gasteiger partial charge in [-0.2, -0.15) is 13.2 Å². The largest absolute Gasteiger partial charge is 0.406 e. The molecule has 0 aromatic carbocycles. The fourth-order valence-corrected chi connectivity index (χ4v) is 2.48. The number of likely N-dealkylation sites (tertiary alicyclic amines) is 1. The van der Waals surface area contributed by atoms with Crippen LogP contribution >= 0.6 is 24.0 Å². The standard InChI is InChI=1S/C15H28F3N5O.HI/c1-3-19-14(20-7-10-23-8-5-4-6-9-23)21-11-13(24)22(2)12-15(16,17)18;/h3-12H2,1-2H3,(H2,19,20,21);1H. The minimum atomic E-state index is -4.40. The summed E-state index contributed by atoms with van der Waals surface area (Å²) in [5.41, 5.74) is 0. The second-order valence-electron chi connectivity index (χ2n) is 5.89. The number of nitrogens with zero attached hydrogens (tertiary/aromatic N) is 3. The molecule has 2 N–H and O–H groups in total. The molecule has 0 aromatic rings. The SMILES string of the molecule is CCNC(=NCC(=O)N(C)CC(F)(F)F)NCCN1CCCCC1.I. The third kappa shape index (κ3) is 11.4. The van der Waals surface area contributed by atoms with Gasteiger partial charge in [0.1, 0.15) is 13.1 Å². The summed E-state index contributed by atoms with van der Waals surface area (Å²) in [5, 5.41) is 6.11. The van der Waals surface area contributed by atoms with Crippen LogP contribution in [-0.4, -0.2) is 80.7 Å². The molecule has 25 heavy (non-hydrogen) atoms. The van der Waals surface area contributed by atoms with E-state index < -0.39 is 18.6 Å². The lowest BCUT2D eigenvalue weighted by Crippen LogP contribution is -2.43. The highest BCUT2D eigenvalue weighted by Gasteiger charge is 2.31. The lowest BCUT2D eigenvalue weighted by Gasteiger charge is -2.26. The van der Waals surface area contributed by atoms with E-state index in [9.17, 15) is 18.0 Å². The molecule has 0 bridgehead atoms. The van der Waals surface area contributed by atoms with Crippen LogP contribution in [0.15, 0.2) is 4.99 Å². The molecule has 148 valence electrons. The average molecular weight is 479 g/mol. The minimum Gasteiger partial charge on any atom is -0.357 e. The molecular formula is C15H29F3IN5O. The van der Waals surface area contributed by atoms with E-state index in [-0.39, 0.29) is 30.5 Å². The number of alkyl halides is 3. The van der Waals surface area contributed by atoms with Gasteiger partial charge in [0.2, 0.25) is 5.91 Å². The molecule has 1 heterocycles. The Balaban J connectivity index is 0.00000576. The topological polar surface area (TPSA) is 60.0 Å². The number of piperidine rings is 1. The highest BCUT2D eigenvalue weighted by molar-refractivity contribution is 14.0. The molecule has 0 aromatic heterocycles. The quantitative estimate of drug-likeness (QED) is 0.332. The second-order valence-corrected chi connectivity index (χ2v) is 5.89. The van der Waals surface area contributed by atoms with Gasteiger partial charge in [-0.15, -0.1) is 24.0 Å². The molecule has 6 nitrogen and oxygen atoms in total. The van der Waals surface area contributed by atoms with Crippen LogP contribution in [0.25, 0.3) is 0 Å². The number of hydrogen-bond acceptors (Lipinski definition) is 3. The van der Waals surface area contributed by atoms with Crippen LogP contribution in [0, 0.1) is 0 Å². The summed E-state index contributed by atoms with van der Waals surface area (Å²) in [4.78, 5) is 18.8. The maximum Gasteiger partial charge on any atom is 0.406 e. The van der Waals surface area contributed by atoms with Crippen LogP contribution in [0.3, 0.4) is 0 Å². The molecule has 1 amide bonds. The number of amides is 1. The average Bonchev–Trinajstić information content (AvgIpc) is 2.51. The smallest absolute Gasteiger partial charge is 0.357 e. The molecule has 1 aliphatic heterocycles. The Labute approximate surface area is 164 Å². The number of guanidine groups is 1. The number of carbonyl (C=O) groups excluding carboxylic acids is 1. The first kappa shape index (κ1) is 24.2. The van der Waals surface area contributed by atoms with Gasteiger partial charge in [-0.25, -0.2) is 4.99 Å². The molecule has 1 saturated heterocycles. The monoisotopic (exact) mass is 479 g/mol. The summed E-state index contributed by atoms with van der Waals surface area (Å²) in [6.45, 7) is 4.67. The molecule has 0 spiro atoms. The number of rotatable bonds is 7. The van der Waals surface area contributed by atoms with E-state index in [0.717, 1.165) is 26.7 Å². The number of likely N-dealkylation sites (N-methyl/N-ethyl adjacent to an activating group) is 1. The zero-order valence-corrected chi connectivity index (χ0v) is 17.2. The first-order valence-corrected chi connectivity index (χ1v) is 8.37. The van der Waals surface area contributed by atoms with E-state index in [2.05, 4.69) is 20.5 Å². The summed E-state index contributed by atoms with van der Waals surface area (Å²) >= 11 is 0. The van der Waals surface area contributed by atoms with Crippen molar-refractivity contribution < 1.29 is 18.0 Å². The van der Waals surface area contributed by atoms with Crippen molar-refractivity contribution in [3.8, 4) is 0 Å². The molecule has 0 atom stereocenters. The molecule has 10 heteroatoms. The molecule has 1 aliphatic rings. The van der Waals surface area contributed by atoms with Crippen molar-refractivity contribution >= 4 is 35.8 Å². The van der Waals surface area contributed by atoms with Crippen LogP contribution in [0.2, 0.25) is 0 Å². The van der Waals surface area contributed by atoms with Gasteiger partial charge in [0.25, 0.3) is 0 Å². The Kier molecular flexibility index (Phi) is 12.2. The Hall–Kier alpha value is -0.780. The van der Waals surface area contributed by atoms with E-state index in [1.54, 1.807) is 0 Å². The first-order chi connectivity index (χ1) is 11.3. The molecular weight excluding hydrogens is 450 g/mol. The van der Waals surface area contributed by atoms with Crippen molar-refractivity contribution in [2.45, 2.75) is 32.4 Å². The summed E-state index contributed by atoms with van der Waals surface area (Å²) in [5.74, 6) is -0.219. The molecule has 1 rings (SSSR count). The van der Waals surface area contributed by atoms with Gasteiger partial charge >= 0.3 is 6.18 Å². The number of nitrogens with one attached hydrogen (secondary N) is 2. The molecule has 0 unspecified atom stereocenters. The number of halogens is 4. The summed E-state index contributed by atoms with van der Waals surface area (Å²) in [6.07, 6.45) is -0.685. The lowest BCUT2D eigenvalue weighted by molar-refractivity contribution is -0.157. The Bertz CT molecular complexity index is 414. The van der Waals surface area contributed by atoms with Gasteiger partial charge in [0.15, 0.2) is 5.96 Å². The molecule has 0 radical (unpaired) electrons. The van der Waals surface area contributed by atoms with Crippen LogP contribution in [0.5, 0.6) is 0 Å². The van der Waals surface area contributed by atoms with Gasteiger partial charge in [-0.05, 0) is 32.9 Å². The van der Waals surface area contributed by atoms with Gasteiger partial charge in [0.05, 0.1) is 0 Å². The summed E-state index contributed by atoms with van der Waals surface area (Å²) < 4.78 is 36.8.